The van der Waals surface area contributed by atoms with Crippen LogP contribution in [0.3, 0.4) is 0 Å². The van der Waals surface area contributed by atoms with Crippen LogP contribution < -0.4 is 5.73 Å². The van der Waals surface area contributed by atoms with Crippen LogP contribution in [0, 0.1) is 6.92 Å². The van der Waals surface area contributed by atoms with Crippen molar-refractivity contribution in [3.05, 3.63) is 56.7 Å². The summed E-state index contributed by atoms with van der Waals surface area (Å²) < 4.78 is 0. The van der Waals surface area contributed by atoms with Gasteiger partial charge in [0.1, 0.15) is 0 Å². The van der Waals surface area contributed by atoms with Gasteiger partial charge in [0.25, 0.3) is 0 Å². The van der Waals surface area contributed by atoms with E-state index in [9.17, 15) is 0 Å². The van der Waals surface area contributed by atoms with Gasteiger partial charge in [0.15, 0.2) is 0 Å². The molecule has 1 atom stereocenters. The van der Waals surface area contributed by atoms with Gasteiger partial charge < -0.3 is 5.73 Å². The highest BCUT2D eigenvalue weighted by atomic mass is 35.5. The van der Waals surface area contributed by atoms with Crippen molar-refractivity contribution in [1.29, 1.82) is 0 Å². The topological polar surface area (TPSA) is 26.0 Å². The molecule has 0 saturated heterocycles. The van der Waals surface area contributed by atoms with E-state index >= 15 is 0 Å². The van der Waals surface area contributed by atoms with Crippen LogP contribution in [0.2, 0.25) is 5.02 Å². The van der Waals surface area contributed by atoms with Gasteiger partial charge in [-0.25, -0.2) is 0 Å². The molecule has 1 nitrogen and oxygen atoms in total. The number of rotatable bonds is 2. The second kappa shape index (κ2) is 4.35. The van der Waals surface area contributed by atoms with E-state index in [1.807, 2.05) is 24.3 Å². The molecule has 15 heavy (non-hydrogen) atoms. The Morgan fingerprint density at radius 2 is 1.93 bits per heavy atom. The summed E-state index contributed by atoms with van der Waals surface area (Å²) in [6.07, 6.45) is 0. The summed E-state index contributed by atoms with van der Waals surface area (Å²) >= 11 is 7.82. The number of thiophene rings is 1. The lowest BCUT2D eigenvalue weighted by Gasteiger charge is -2.13. The van der Waals surface area contributed by atoms with Gasteiger partial charge in [-0.3, -0.25) is 0 Å². The number of halogens is 1. The summed E-state index contributed by atoms with van der Waals surface area (Å²) in [6.45, 7) is 2.08. The molecule has 0 aliphatic heterocycles. The lowest BCUT2D eigenvalue weighted by molar-refractivity contribution is 0.870. The summed E-state index contributed by atoms with van der Waals surface area (Å²) in [6, 6.07) is 9.67. The zero-order valence-corrected chi connectivity index (χ0v) is 9.98. The van der Waals surface area contributed by atoms with Crippen LogP contribution in [0.5, 0.6) is 0 Å². The first-order valence-corrected chi connectivity index (χ1v) is 6.00. The molecule has 2 N–H and O–H groups in total. The Labute approximate surface area is 98.5 Å². The van der Waals surface area contributed by atoms with Crippen molar-refractivity contribution in [1.82, 2.24) is 0 Å². The Balaban J connectivity index is 2.41. The van der Waals surface area contributed by atoms with E-state index in [4.69, 9.17) is 17.3 Å². The van der Waals surface area contributed by atoms with E-state index < -0.39 is 0 Å². The largest absolute Gasteiger partial charge is 0.320 e. The normalized spacial score (nSPS) is 12.7. The average Bonchev–Trinajstić information content (AvgIpc) is 2.64. The molecule has 0 aliphatic rings. The van der Waals surface area contributed by atoms with Crippen LogP contribution in [0.4, 0.5) is 0 Å². The molecule has 2 rings (SSSR count). The summed E-state index contributed by atoms with van der Waals surface area (Å²) in [5.41, 5.74) is 8.33. The maximum absolute atomic E-state index is 6.18. The van der Waals surface area contributed by atoms with Crippen LogP contribution in [-0.2, 0) is 0 Å². The molecule has 0 radical (unpaired) electrons. The van der Waals surface area contributed by atoms with Gasteiger partial charge in [-0.15, -0.1) is 11.3 Å². The Hall–Kier alpha value is -0.830. The predicted molar refractivity (Wildman–Crippen MR) is 66.5 cm³/mol. The van der Waals surface area contributed by atoms with Gasteiger partial charge in [0.2, 0.25) is 0 Å². The number of aryl methyl sites for hydroxylation is 1. The van der Waals surface area contributed by atoms with Crippen molar-refractivity contribution < 1.29 is 0 Å². The minimum Gasteiger partial charge on any atom is -0.320 e. The first-order valence-electron chi connectivity index (χ1n) is 4.74. The van der Waals surface area contributed by atoms with Crippen LogP contribution in [-0.4, -0.2) is 0 Å². The smallest absolute Gasteiger partial charge is 0.0577 e. The molecular weight excluding hydrogens is 226 g/mol. The van der Waals surface area contributed by atoms with E-state index in [0.29, 0.717) is 0 Å². The highest BCUT2D eigenvalue weighted by Gasteiger charge is 2.14. The Kier molecular flexibility index (Phi) is 3.10. The molecule has 0 fully saturated rings. The van der Waals surface area contributed by atoms with E-state index in [-0.39, 0.29) is 6.04 Å². The van der Waals surface area contributed by atoms with E-state index in [1.54, 1.807) is 11.3 Å². The highest BCUT2D eigenvalue weighted by Crippen LogP contribution is 2.29. The number of benzene rings is 1. The van der Waals surface area contributed by atoms with Gasteiger partial charge in [-0.2, -0.15) is 0 Å². The second-order valence-corrected chi connectivity index (χ2v) is 4.96. The number of hydrogen-bond donors (Lipinski definition) is 1. The quantitative estimate of drug-likeness (QED) is 0.846. The Morgan fingerprint density at radius 1 is 1.20 bits per heavy atom. The molecule has 0 spiro atoms. The van der Waals surface area contributed by atoms with Crippen LogP contribution >= 0.6 is 22.9 Å². The maximum Gasteiger partial charge on any atom is 0.0577 e. The first-order chi connectivity index (χ1) is 7.20. The molecule has 1 aromatic heterocycles. The summed E-state index contributed by atoms with van der Waals surface area (Å²) in [5, 5.41) is 2.79. The van der Waals surface area contributed by atoms with Crippen molar-refractivity contribution in [2.45, 2.75) is 13.0 Å². The molecule has 1 heterocycles. The molecule has 0 amide bonds. The van der Waals surface area contributed by atoms with Crippen LogP contribution in [0.25, 0.3) is 0 Å². The van der Waals surface area contributed by atoms with Gasteiger partial charge in [-0.1, -0.05) is 29.8 Å². The fourth-order valence-corrected chi connectivity index (χ4v) is 2.62. The number of hydrogen-bond acceptors (Lipinski definition) is 2. The highest BCUT2D eigenvalue weighted by molar-refractivity contribution is 7.10. The molecule has 78 valence electrons. The molecule has 1 aromatic carbocycles. The zero-order chi connectivity index (χ0) is 10.8. The number of nitrogens with two attached hydrogens (primary N) is 1. The minimum absolute atomic E-state index is 0.120. The van der Waals surface area contributed by atoms with E-state index in [1.165, 1.54) is 4.88 Å². The van der Waals surface area contributed by atoms with Crippen molar-refractivity contribution >= 4 is 22.9 Å². The molecule has 0 saturated carbocycles. The van der Waals surface area contributed by atoms with Gasteiger partial charge in [0, 0.05) is 9.90 Å². The predicted octanol–water partition coefficient (Wildman–Crippen LogP) is 3.76. The van der Waals surface area contributed by atoms with Crippen molar-refractivity contribution in [2.75, 3.05) is 0 Å². The fourth-order valence-electron chi connectivity index (χ4n) is 1.61. The SMILES string of the molecule is Cc1sccc1C(N)c1ccccc1Cl. The van der Waals surface area contributed by atoms with E-state index in [0.717, 1.165) is 16.1 Å². The van der Waals surface area contributed by atoms with Gasteiger partial charge in [0.05, 0.1) is 6.04 Å². The lowest BCUT2D eigenvalue weighted by Crippen LogP contribution is -2.12. The maximum atomic E-state index is 6.18. The monoisotopic (exact) mass is 237 g/mol. The third kappa shape index (κ3) is 2.07. The minimum atomic E-state index is -0.120. The molecule has 0 bridgehead atoms. The summed E-state index contributed by atoms with van der Waals surface area (Å²) in [7, 11) is 0. The second-order valence-electron chi connectivity index (χ2n) is 3.43. The van der Waals surface area contributed by atoms with Crippen molar-refractivity contribution in [3.63, 3.8) is 0 Å². The summed E-state index contributed by atoms with van der Waals surface area (Å²) in [5.74, 6) is 0. The van der Waals surface area contributed by atoms with Crippen molar-refractivity contribution in [3.8, 4) is 0 Å². The molecule has 1 unspecified atom stereocenters. The van der Waals surface area contributed by atoms with Crippen LogP contribution in [0.1, 0.15) is 22.0 Å². The molecule has 2 aromatic rings. The Morgan fingerprint density at radius 3 is 2.53 bits per heavy atom. The lowest BCUT2D eigenvalue weighted by atomic mass is 10.0. The average molecular weight is 238 g/mol. The molecule has 3 heteroatoms. The standard InChI is InChI=1S/C12H12ClNS/c1-8-9(6-7-15-8)12(14)10-4-2-3-5-11(10)13/h2-7,12H,14H2,1H3. The molecule has 0 aliphatic carbocycles. The fraction of sp³-hybridized carbons (Fsp3) is 0.167. The Bertz CT molecular complexity index is 464. The third-order valence-corrected chi connectivity index (χ3v) is 3.68. The molecular formula is C12H12ClNS. The van der Waals surface area contributed by atoms with Gasteiger partial charge >= 0.3 is 0 Å². The first kappa shape index (κ1) is 10.7. The van der Waals surface area contributed by atoms with E-state index in [2.05, 4.69) is 18.4 Å². The summed E-state index contributed by atoms with van der Waals surface area (Å²) in [4.78, 5) is 1.25. The van der Waals surface area contributed by atoms with Crippen LogP contribution in [0.15, 0.2) is 35.7 Å². The third-order valence-electron chi connectivity index (χ3n) is 2.47. The zero-order valence-electron chi connectivity index (χ0n) is 8.41. The van der Waals surface area contributed by atoms with Crippen molar-refractivity contribution in [2.24, 2.45) is 5.73 Å². The van der Waals surface area contributed by atoms with Gasteiger partial charge in [-0.05, 0) is 35.6 Å².